The number of hydrogen-bond donors (Lipinski definition) is 1. The molecule has 0 spiro atoms. The van der Waals surface area contributed by atoms with Crippen LogP contribution < -0.4 is 10.1 Å². The van der Waals surface area contributed by atoms with Crippen molar-refractivity contribution in [3.63, 3.8) is 0 Å². The second kappa shape index (κ2) is 6.45. The minimum atomic E-state index is -0.126. The SMILES string of the molecule is COc1ccccc1C1NCC(=O)N1CC1CCCCO1. The Hall–Kier alpha value is -1.59. The molecular weight excluding hydrogens is 268 g/mol. The van der Waals surface area contributed by atoms with Gasteiger partial charge in [0.1, 0.15) is 11.9 Å². The molecule has 0 radical (unpaired) electrons. The summed E-state index contributed by atoms with van der Waals surface area (Å²) in [7, 11) is 1.66. The lowest BCUT2D eigenvalue weighted by molar-refractivity contribution is -0.130. The number of amides is 1. The Bertz CT molecular complexity index is 500. The van der Waals surface area contributed by atoms with E-state index in [0.29, 0.717) is 13.1 Å². The fraction of sp³-hybridized carbons (Fsp3) is 0.562. The van der Waals surface area contributed by atoms with Gasteiger partial charge >= 0.3 is 0 Å². The number of para-hydroxylation sites is 1. The Balaban J connectivity index is 1.78. The summed E-state index contributed by atoms with van der Waals surface area (Å²) in [5.41, 5.74) is 1.00. The minimum Gasteiger partial charge on any atom is -0.496 e. The summed E-state index contributed by atoms with van der Waals surface area (Å²) in [6.45, 7) is 1.82. The minimum absolute atomic E-state index is 0.125. The van der Waals surface area contributed by atoms with E-state index >= 15 is 0 Å². The van der Waals surface area contributed by atoms with E-state index in [9.17, 15) is 4.79 Å². The van der Waals surface area contributed by atoms with Gasteiger partial charge in [-0.05, 0) is 25.3 Å². The topological polar surface area (TPSA) is 50.8 Å². The molecule has 2 saturated heterocycles. The largest absolute Gasteiger partial charge is 0.496 e. The molecule has 1 aromatic rings. The van der Waals surface area contributed by atoms with Crippen LogP contribution in [0.3, 0.4) is 0 Å². The molecule has 0 aliphatic carbocycles. The maximum atomic E-state index is 12.2. The fourth-order valence-electron chi connectivity index (χ4n) is 3.09. The first-order chi connectivity index (χ1) is 10.3. The van der Waals surface area contributed by atoms with Gasteiger partial charge < -0.3 is 14.4 Å². The van der Waals surface area contributed by atoms with Gasteiger partial charge in [-0.15, -0.1) is 0 Å². The highest BCUT2D eigenvalue weighted by Crippen LogP contribution is 2.30. The monoisotopic (exact) mass is 290 g/mol. The van der Waals surface area contributed by atoms with Gasteiger partial charge in [0.25, 0.3) is 0 Å². The molecule has 2 atom stereocenters. The lowest BCUT2D eigenvalue weighted by atomic mass is 10.1. The second-order valence-corrected chi connectivity index (χ2v) is 5.56. The summed E-state index contributed by atoms with van der Waals surface area (Å²) in [4.78, 5) is 14.1. The fourth-order valence-corrected chi connectivity index (χ4v) is 3.09. The van der Waals surface area contributed by atoms with Crippen LogP contribution in [0.25, 0.3) is 0 Å². The molecule has 2 unspecified atom stereocenters. The molecule has 5 nitrogen and oxygen atoms in total. The average Bonchev–Trinajstić information content (AvgIpc) is 2.89. The molecule has 21 heavy (non-hydrogen) atoms. The number of nitrogens with zero attached hydrogens (tertiary/aromatic N) is 1. The third-order valence-electron chi connectivity index (χ3n) is 4.19. The van der Waals surface area contributed by atoms with Gasteiger partial charge in [-0.1, -0.05) is 18.2 Å². The lowest BCUT2D eigenvalue weighted by Gasteiger charge is -2.31. The van der Waals surface area contributed by atoms with Crippen LogP contribution >= 0.6 is 0 Å². The van der Waals surface area contributed by atoms with E-state index in [-0.39, 0.29) is 18.2 Å². The highest BCUT2D eigenvalue weighted by Gasteiger charge is 2.35. The number of carbonyl (C=O) groups is 1. The number of benzene rings is 1. The molecule has 3 rings (SSSR count). The lowest BCUT2D eigenvalue weighted by Crippen LogP contribution is -2.39. The predicted octanol–water partition coefficient (Wildman–Crippen LogP) is 1.69. The highest BCUT2D eigenvalue weighted by molar-refractivity contribution is 5.81. The molecule has 0 aromatic heterocycles. The second-order valence-electron chi connectivity index (χ2n) is 5.56. The van der Waals surface area contributed by atoms with Crippen LogP contribution in [-0.2, 0) is 9.53 Å². The first-order valence-electron chi connectivity index (χ1n) is 7.57. The van der Waals surface area contributed by atoms with Gasteiger partial charge in [-0.25, -0.2) is 0 Å². The molecule has 1 aromatic carbocycles. The van der Waals surface area contributed by atoms with Crippen molar-refractivity contribution in [1.29, 1.82) is 0 Å². The Morgan fingerprint density at radius 3 is 3.00 bits per heavy atom. The van der Waals surface area contributed by atoms with Gasteiger partial charge in [-0.2, -0.15) is 0 Å². The molecule has 2 heterocycles. The highest BCUT2D eigenvalue weighted by atomic mass is 16.5. The number of ether oxygens (including phenoxy) is 2. The summed E-state index contributed by atoms with van der Waals surface area (Å²) < 4.78 is 11.2. The normalized spacial score (nSPS) is 26.1. The number of methoxy groups -OCH3 is 1. The van der Waals surface area contributed by atoms with E-state index in [0.717, 1.165) is 30.8 Å². The van der Waals surface area contributed by atoms with Crippen molar-refractivity contribution in [2.45, 2.75) is 31.5 Å². The zero-order chi connectivity index (χ0) is 14.7. The van der Waals surface area contributed by atoms with Crippen molar-refractivity contribution >= 4 is 5.91 Å². The standard InChI is InChI=1S/C16H22N2O3/c1-20-14-8-3-2-7-13(14)16-17-10-15(19)18(16)11-12-6-4-5-9-21-12/h2-3,7-8,12,16-17H,4-6,9-11H2,1H3. The van der Waals surface area contributed by atoms with Gasteiger partial charge in [0.15, 0.2) is 0 Å². The molecule has 1 amide bonds. The Morgan fingerprint density at radius 2 is 2.24 bits per heavy atom. The summed E-state index contributed by atoms with van der Waals surface area (Å²) >= 11 is 0. The number of carbonyl (C=O) groups excluding carboxylic acids is 1. The maximum Gasteiger partial charge on any atom is 0.238 e. The molecule has 2 fully saturated rings. The first-order valence-corrected chi connectivity index (χ1v) is 7.57. The summed E-state index contributed by atoms with van der Waals surface area (Å²) in [5, 5.41) is 3.28. The van der Waals surface area contributed by atoms with Gasteiger partial charge in [-0.3, -0.25) is 10.1 Å². The molecule has 0 saturated carbocycles. The van der Waals surface area contributed by atoms with Crippen LogP contribution in [0.4, 0.5) is 0 Å². The van der Waals surface area contributed by atoms with Crippen molar-refractivity contribution in [3.8, 4) is 5.75 Å². The van der Waals surface area contributed by atoms with Crippen LogP contribution in [-0.4, -0.2) is 43.7 Å². The summed E-state index contributed by atoms with van der Waals surface area (Å²) in [6, 6.07) is 7.84. The van der Waals surface area contributed by atoms with Gasteiger partial charge in [0.05, 0.1) is 19.8 Å². The molecule has 1 N–H and O–H groups in total. The molecular formula is C16H22N2O3. The molecule has 2 aliphatic heterocycles. The first kappa shape index (κ1) is 14.4. The van der Waals surface area contributed by atoms with Crippen LogP contribution in [0.2, 0.25) is 0 Å². The summed E-state index contributed by atoms with van der Waals surface area (Å²) in [6.07, 6.45) is 3.36. The predicted molar refractivity (Wildman–Crippen MR) is 79.0 cm³/mol. The smallest absolute Gasteiger partial charge is 0.238 e. The van der Waals surface area contributed by atoms with Crippen LogP contribution in [0.1, 0.15) is 31.0 Å². The molecule has 5 heteroatoms. The van der Waals surface area contributed by atoms with Crippen LogP contribution in [0, 0.1) is 0 Å². The Labute approximate surface area is 125 Å². The van der Waals surface area contributed by atoms with E-state index in [1.807, 2.05) is 29.2 Å². The average molecular weight is 290 g/mol. The summed E-state index contributed by atoms with van der Waals surface area (Å²) in [5.74, 6) is 0.930. The zero-order valence-corrected chi connectivity index (χ0v) is 12.4. The van der Waals surface area contributed by atoms with Crippen molar-refractivity contribution in [3.05, 3.63) is 29.8 Å². The molecule has 114 valence electrons. The van der Waals surface area contributed by atoms with Gasteiger partial charge in [0, 0.05) is 18.7 Å². The van der Waals surface area contributed by atoms with E-state index < -0.39 is 0 Å². The molecule has 2 aliphatic rings. The van der Waals surface area contributed by atoms with Crippen molar-refractivity contribution < 1.29 is 14.3 Å². The zero-order valence-electron chi connectivity index (χ0n) is 12.4. The third-order valence-corrected chi connectivity index (χ3v) is 4.19. The number of rotatable bonds is 4. The van der Waals surface area contributed by atoms with Crippen LogP contribution in [0.5, 0.6) is 5.75 Å². The molecule has 0 bridgehead atoms. The third kappa shape index (κ3) is 3.04. The Morgan fingerprint density at radius 1 is 1.38 bits per heavy atom. The maximum absolute atomic E-state index is 12.2. The number of nitrogens with one attached hydrogen (secondary N) is 1. The van der Waals surface area contributed by atoms with E-state index in [1.165, 1.54) is 6.42 Å². The van der Waals surface area contributed by atoms with Crippen LogP contribution in [0.15, 0.2) is 24.3 Å². The number of hydrogen-bond acceptors (Lipinski definition) is 4. The van der Waals surface area contributed by atoms with Crippen molar-refractivity contribution in [2.75, 3.05) is 26.8 Å². The van der Waals surface area contributed by atoms with E-state index in [1.54, 1.807) is 7.11 Å². The Kier molecular flexibility index (Phi) is 4.41. The van der Waals surface area contributed by atoms with Gasteiger partial charge in [0.2, 0.25) is 5.91 Å². The quantitative estimate of drug-likeness (QED) is 0.917. The van der Waals surface area contributed by atoms with Crippen molar-refractivity contribution in [1.82, 2.24) is 10.2 Å². The van der Waals surface area contributed by atoms with Crippen molar-refractivity contribution in [2.24, 2.45) is 0 Å². The van der Waals surface area contributed by atoms with E-state index in [2.05, 4.69) is 5.32 Å². The van der Waals surface area contributed by atoms with E-state index in [4.69, 9.17) is 9.47 Å².